The SMILES string of the molecule is CCc1ccc(OCC(=O)N(Cc2ccccc2)[C@@H](C)C(=O)N[C@H](C)CC)cc1. The van der Waals surface area contributed by atoms with E-state index in [1.165, 1.54) is 5.56 Å². The Morgan fingerprint density at radius 2 is 1.62 bits per heavy atom. The summed E-state index contributed by atoms with van der Waals surface area (Å²) in [6, 6.07) is 16.9. The van der Waals surface area contributed by atoms with E-state index in [1.807, 2.05) is 68.4 Å². The molecule has 0 bridgehead atoms. The predicted molar refractivity (Wildman–Crippen MR) is 116 cm³/mol. The second kappa shape index (κ2) is 11.2. The lowest BCUT2D eigenvalue weighted by molar-refractivity contribution is -0.142. The predicted octanol–water partition coefficient (Wildman–Crippen LogP) is 3.96. The van der Waals surface area contributed by atoms with Gasteiger partial charge in [-0.15, -0.1) is 0 Å². The second-order valence-corrected chi connectivity index (χ2v) is 7.29. The summed E-state index contributed by atoms with van der Waals surface area (Å²) in [7, 11) is 0. The summed E-state index contributed by atoms with van der Waals surface area (Å²) in [5, 5.41) is 2.96. The van der Waals surface area contributed by atoms with Gasteiger partial charge in [-0.1, -0.05) is 56.3 Å². The molecule has 0 heterocycles. The average molecular weight is 397 g/mol. The standard InChI is InChI=1S/C24H32N2O3/c1-5-18(3)25-24(28)19(4)26(16-21-10-8-7-9-11-21)23(27)17-29-22-14-12-20(6-2)13-15-22/h7-15,18-19H,5-6,16-17H2,1-4H3,(H,25,28)/t18-,19+/m1/s1. The summed E-state index contributed by atoms with van der Waals surface area (Å²) in [6.45, 7) is 8.06. The molecule has 0 saturated heterocycles. The van der Waals surface area contributed by atoms with Crippen molar-refractivity contribution < 1.29 is 14.3 Å². The minimum absolute atomic E-state index is 0.0620. The zero-order chi connectivity index (χ0) is 21.2. The maximum Gasteiger partial charge on any atom is 0.261 e. The van der Waals surface area contributed by atoms with Gasteiger partial charge in [-0.3, -0.25) is 9.59 Å². The molecule has 0 aliphatic heterocycles. The van der Waals surface area contributed by atoms with Gasteiger partial charge in [-0.05, 0) is 49.9 Å². The zero-order valence-corrected chi connectivity index (χ0v) is 17.9. The lowest BCUT2D eigenvalue weighted by Crippen LogP contribution is -2.50. The summed E-state index contributed by atoms with van der Waals surface area (Å²) >= 11 is 0. The highest BCUT2D eigenvalue weighted by Gasteiger charge is 2.27. The molecule has 0 aliphatic carbocycles. The van der Waals surface area contributed by atoms with E-state index >= 15 is 0 Å². The fraction of sp³-hybridized carbons (Fsp3) is 0.417. The van der Waals surface area contributed by atoms with Crippen molar-refractivity contribution in [2.45, 2.75) is 59.2 Å². The van der Waals surface area contributed by atoms with E-state index in [1.54, 1.807) is 11.8 Å². The summed E-state index contributed by atoms with van der Waals surface area (Å²) in [6.07, 6.45) is 1.79. The first-order chi connectivity index (χ1) is 13.9. The molecule has 2 rings (SSSR count). The highest BCUT2D eigenvalue weighted by atomic mass is 16.5. The number of ether oxygens (including phenoxy) is 1. The normalized spacial score (nSPS) is 12.7. The van der Waals surface area contributed by atoms with Crippen LogP contribution in [0, 0.1) is 0 Å². The number of rotatable bonds is 10. The van der Waals surface area contributed by atoms with Gasteiger partial charge in [0.15, 0.2) is 6.61 Å². The van der Waals surface area contributed by atoms with Crippen LogP contribution in [0.2, 0.25) is 0 Å². The number of carbonyl (C=O) groups excluding carboxylic acids is 2. The Kier molecular flexibility index (Phi) is 8.71. The molecule has 2 amide bonds. The van der Waals surface area contributed by atoms with Gasteiger partial charge in [-0.25, -0.2) is 0 Å². The Balaban J connectivity index is 2.09. The Morgan fingerprint density at radius 1 is 0.966 bits per heavy atom. The molecular formula is C24H32N2O3. The van der Waals surface area contributed by atoms with E-state index < -0.39 is 6.04 Å². The van der Waals surface area contributed by atoms with E-state index in [0.29, 0.717) is 12.3 Å². The van der Waals surface area contributed by atoms with Gasteiger partial charge in [0.2, 0.25) is 5.91 Å². The molecule has 29 heavy (non-hydrogen) atoms. The number of hydrogen-bond donors (Lipinski definition) is 1. The summed E-state index contributed by atoms with van der Waals surface area (Å²) in [4.78, 5) is 27.2. The molecule has 5 heteroatoms. The smallest absolute Gasteiger partial charge is 0.261 e. The first kappa shape index (κ1) is 22.5. The number of benzene rings is 2. The topological polar surface area (TPSA) is 58.6 Å². The Labute approximate surface area is 174 Å². The van der Waals surface area contributed by atoms with Crippen LogP contribution in [0.4, 0.5) is 0 Å². The van der Waals surface area contributed by atoms with Gasteiger partial charge in [0.05, 0.1) is 0 Å². The molecule has 1 N–H and O–H groups in total. The number of carbonyl (C=O) groups is 2. The second-order valence-electron chi connectivity index (χ2n) is 7.29. The van der Waals surface area contributed by atoms with E-state index in [9.17, 15) is 9.59 Å². The largest absolute Gasteiger partial charge is 0.484 e. The summed E-state index contributed by atoms with van der Waals surface area (Å²) in [5.41, 5.74) is 2.18. The van der Waals surface area contributed by atoms with Crippen LogP contribution in [0.5, 0.6) is 5.75 Å². The van der Waals surface area contributed by atoms with Crippen molar-refractivity contribution in [3.8, 4) is 5.75 Å². The molecule has 2 aromatic rings. The third kappa shape index (κ3) is 6.93. The van der Waals surface area contributed by atoms with Crippen LogP contribution in [0.25, 0.3) is 0 Å². The maximum atomic E-state index is 13.0. The highest BCUT2D eigenvalue weighted by Crippen LogP contribution is 2.14. The minimum Gasteiger partial charge on any atom is -0.484 e. The minimum atomic E-state index is -0.595. The van der Waals surface area contributed by atoms with Crippen LogP contribution >= 0.6 is 0 Å². The first-order valence-electron chi connectivity index (χ1n) is 10.3. The third-order valence-corrected chi connectivity index (χ3v) is 5.06. The van der Waals surface area contributed by atoms with Crippen LogP contribution < -0.4 is 10.1 Å². The van der Waals surface area contributed by atoms with Gasteiger partial charge < -0.3 is 15.0 Å². The lowest BCUT2D eigenvalue weighted by atomic mass is 10.1. The van der Waals surface area contributed by atoms with Crippen molar-refractivity contribution in [2.75, 3.05) is 6.61 Å². The lowest BCUT2D eigenvalue weighted by Gasteiger charge is -2.29. The number of hydrogen-bond acceptors (Lipinski definition) is 3. The first-order valence-corrected chi connectivity index (χ1v) is 10.3. The number of aryl methyl sites for hydroxylation is 1. The molecule has 0 saturated carbocycles. The number of amides is 2. The molecule has 0 radical (unpaired) electrons. The van der Waals surface area contributed by atoms with Crippen molar-refractivity contribution in [1.29, 1.82) is 0 Å². The molecule has 0 fully saturated rings. The van der Waals surface area contributed by atoms with Gasteiger partial charge >= 0.3 is 0 Å². The molecule has 0 unspecified atom stereocenters. The Morgan fingerprint density at radius 3 is 2.21 bits per heavy atom. The van der Waals surface area contributed by atoms with Gasteiger partial charge in [0, 0.05) is 12.6 Å². The van der Waals surface area contributed by atoms with E-state index in [0.717, 1.165) is 18.4 Å². The van der Waals surface area contributed by atoms with Crippen molar-refractivity contribution in [3.05, 3.63) is 65.7 Å². The van der Waals surface area contributed by atoms with E-state index in [2.05, 4.69) is 12.2 Å². The molecule has 5 nitrogen and oxygen atoms in total. The fourth-order valence-corrected chi connectivity index (χ4v) is 2.88. The highest BCUT2D eigenvalue weighted by molar-refractivity contribution is 5.88. The summed E-state index contributed by atoms with van der Waals surface area (Å²) < 4.78 is 5.70. The molecule has 0 aliphatic rings. The van der Waals surface area contributed by atoms with Crippen LogP contribution in [-0.4, -0.2) is 35.4 Å². The molecular weight excluding hydrogens is 364 g/mol. The molecule has 2 aromatic carbocycles. The number of nitrogens with zero attached hydrogens (tertiary/aromatic N) is 1. The summed E-state index contributed by atoms with van der Waals surface area (Å²) in [5.74, 6) is 0.267. The molecule has 0 aromatic heterocycles. The van der Waals surface area contributed by atoms with Crippen LogP contribution in [-0.2, 0) is 22.6 Å². The van der Waals surface area contributed by atoms with Crippen molar-refractivity contribution in [3.63, 3.8) is 0 Å². The third-order valence-electron chi connectivity index (χ3n) is 5.06. The van der Waals surface area contributed by atoms with Gasteiger partial charge in [0.25, 0.3) is 5.91 Å². The van der Waals surface area contributed by atoms with Crippen LogP contribution in [0.1, 0.15) is 45.2 Å². The van der Waals surface area contributed by atoms with Crippen molar-refractivity contribution in [2.24, 2.45) is 0 Å². The van der Waals surface area contributed by atoms with Crippen LogP contribution in [0.3, 0.4) is 0 Å². The fourth-order valence-electron chi connectivity index (χ4n) is 2.88. The maximum absolute atomic E-state index is 13.0. The van der Waals surface area contributed by atoms with E-state index in [4.69, 9.17) is 4.74 Å². The Hall–Kier alpha value is -2.82. The monoisotopic (exact) mass is 396 g/mol. The zero-order valence-electron chi connectivity index (χ0n) is 17.9. The molecule has 2 atom stereocenters. The number of nitrogens with one attached hydrogen (secondary N) is 1. The Bertz CT molecular complexity index is 774. The quantitative estimate of drug-likeness (QED) is 0.661. The van der Waals surface area contributed by atoms with Gasteiger partial charge in [0.1, 0.15) is 11.8 Å². The average Bonchev–Trinajstić information content (AvgIpc) is 2.76. The van der Waals surface area contributed by atoms with E-state index in [-0.39, 0.29) is 24.5 Å². The van der Waals surface area contributed by atoms with Crippen LogP contribution in [0.15, 0.2) is 54.6 Å². The molecule has 0 spiro atoms. The van der Waals surface area contributed by atoms with Gasteiger partial charge in [-0.2, -0.15) is 0 Å². The molecule has 156 valence electrons. The van der Waals surface area contributed by atoms with Crippen molar-refractivity contribution >= 4 is 11.8 Å². The van der Waals surface area contributed by atoms with Crippen molar-refractivity contribution in [1.82, 2.24) is 10.2 Å².